The number of hydrogen-bond acceptors (Lipinski definition) is 4. The van der Waals surface area contributed by atoms with E-state index in [1.165, 1.54) is 0 Å². The van der Waals surface area contributed by atoms with E-state index in [0.29, 0.717) is 16.7 Å². The van der Waals surface area contributed by atoms with Crippen LogP contribution in [0, 0.1) is 5.41 Å². The zero-order chi connectivity index (χ0) is 23.5. The molecule has 0 aliphatic carbocycles. The molecular weight excluding hydrogens is 476 g/mol. The van der Waals surface area contributed by atoms with E-state index in [4.69, 9.17) is 4.42 Å². The number of carbonyl (C=O) groups excluding carboxylic acids is 1. The molecule has 32 heavy (non-hydrogen) atoms. The van der Waals surface area contributed by atoms with E-state index in [1.807, 2.05) is 51.1 Å². The lowest BCUT2D eigenvalue weighted by Crippen LogP contribution is -2.58. The molecule has 0 spiro atoms. The summed E-state index contributed by atoms with van der Waals surface area (Å²) in [5.41, 5.74) is 1.25. The second kappa shape index (κ2) is 9.60. The third-order valence-electron chi connectivity index (χ3n) is 5.19. The van der Waals surface area contributed by atoms with E-state index in [-0.39, 0.29) is 5.76 Å². The maximum absolute atomic E-state index is 13.2. The fourth-order valence-corrected chi connectivity index (χ4v) is 4.16. The highest BCUT2D eigenvalue weighted by Gasteiger charge is 2.35. The largest absolute Gasteiger partial charge is 0.465 e. The van der Waals surface area contributed by atoms with Gasteiger partial charge in [-0.2, -0.15) is 5.10 Å². The number of amides is 2. The quantitative estimate of drug-likeness (QED) is 0.441. The molecule has 0 aliphatic rings. The zero-order valence-corrected chi connectivity index (χ0v) is 20.0. The molecule has 3 aromatic rings. The van der Waals surface area contributed by atoms with Gasteiger partial charge in [-0.1, -0.05) is 51.1 Å². The van der Waals surface area contributed by atoms with E-state index < -0.39 is 29.5 Å². The summed E-state index contributed by atoms with van der Waals surface area (Å²) in [4.78, 5) is 24.7. The van der Waals surface area contributed by atoms with Crippen molar-refractivity contribution in [1.82, 2.24) is 20.4 Å². The third-order valence-corrected chi connectivity index (χ3v) is 5.78. The molecule has 2 atom stereocenters. The average Bonchev–Trinajstić information content (AvgIpc) is 3.30. The number of halogens is 1. The van der Waals surface area contributed by atoms with Crippen LogP contribution < -0.4 is 10.6 Å². The van der Waals surface area contributed by atoms with Crippen LogP contribution in [0.2, 0.25) is 0 Å². The molecule has 170 valence electrons. The summed E-state index contributed by atoms with van der Waals surface area (Å²) in [6.07, 6.45) is 0.952. The van der Waals surface area contributed by atoms with Crippen LogP contribution in [0.1, 0.15) is 36.9 Å². The molecule has 9 heteroatoms. The predicted octanol–water partition coefficient (Wildman–Crippen LogP) is 4.47. The highest BCUT2D eigenvalue weighted by atomic mass is 79.9. The van der Waals surface area contributed by atoms with Gasteiger partial charge in [0.25, 0.3) is 5.91 Å². The number of carbonyl (C=O) groups is 2. The molecule has 3 rings (SSSR count). The summed E-state index contributed by atoms with van der Waals surface area (Å²) >= 11 is 3.45. The summed E-state index contributed by atoms with van der Waals surface area (Å²) in [5, 5.41) is 19.1. The van der Waals surface area contributed by atoms with E-state index in [1.54, 1.807) is 30.1 Å². The summed E-state index contributed by atoms with van der Waals surface area (Å²) in [6, 6.07) is 12.0. The fraction of sp³-hybridized carbons (Fsp3) is 0.348. The Morgan fingerprint density at radius 2 is 1.88 bits per heavy atom. The van der Waals surface area contributed by atoms with Crippen LogP contribution in [0.5, 0.6) is 0 Å². The smallest absolute Gasteiger partial charge is 0.404 e. The van der Waals surface area contributed by atoms with Gasteiger partial charge in [0.05, 0.1) is 16.6 Å². The Bertz CT molecular complexity index is 1090. The van der Waals surface area contributed by atoms with Crippen molar-refractivity contribution in [1.29, 1.82) is 0 Å². The first-order valence-corrected chi connectivity index (χ1v) is 11.0. The average molecular weight is 503 g/mol. The number of furan rings is 1. The lowest BCUT2D eigenvalue weighted by Gasteiger charge is -2.37. The van der Waals surface area contributed by atoms with Crippen molar-refractivity contribution in [2.24, 2.45) is 12.5 Å². The van der Waals surface area contributed by atoms with Gasteiger partial charge in [-0.15, -0.1) is 0 Å². The van der Waals surface area contributed by atoms with E-state index in [2.05, 4.69) is 31.7 Å². The topological polar surface area (TPSA) is 109 Å². The van der Waals surface area contributed by atoms with Crippen molar-refractivity contribution >= 4 is 27.9 Å². The maximum atomic E-state index is 13.2. The number of aryl methyl sites for hydroxylation is 1. The number of rotatable bonds is 7. The van der Waals surface area contributed by atoms with Crippen molar-refractivity contribution in [3.8, 4) is 11.5 Å². The molecule has 0 bridgehead atoms. The Morgan fingerprint density at radius 1 is 1.19 bits per heavy atom. The summed E-state index contributed by atoms with van der Waals surface area (Å²) in [7, 11) is 1.78. The van der Waals surface area contributed by atoms with E-state index >= 15 is 0 Å². The minimum Gasteiger partial charge on any atom is -0.465 e. The van der Waals surface area contributed by atoms with Crippen molar-refractivity contribution in [3.63, 3.8) is 0 Å². The van der Waals surface area contributed by atoms with Crippen molar-refractivity contribution in [2.45, 2.75) is 39.3 Å². The molecule has 0 saturated heterocycles. The molecule has 0 radical (unpaired) electrons. The number of benzene rings is 1. The van der Waals surface area contributed by atoms with Gasteiger partial charge in [0.1, 0.15) is 5.69 Å². The Hall–Kier alpha value is -3.07. The minimum atomic E-state index is -1.14. The van der Waals surface area contributed by atoms with Crippen LogP contribution in [0.25, 0.3) is 11.5 Å². The van der Waals surface area contributed by atoms with E-state index in [9.17, 15) is 14.7 Å². The molecule has 8 nitrogen and oxygen atoms in total. The molecule has 2 heterocycles. The second-order valence-corrected chi connectivity index (χ2v) is 9.54. The maximum Gasteiger partial charge on any atom is 0.404 e. The second-order valence-electron chi connectivity index (χ2n) is 8.69. The number of nitrogens with zero attached hydrogens (tertiary/aromatic N) is 2. The lowest BCUT2D eigenvalue weighted by molar-refractivity contribution is 0.0874. The highest BCUT2D eigenvalue weighted by Crippen LogP contribution is 2.31. The predicted molar refractivity (Wildman–Crippen MR) is 124 cm³/mol. The number of aromatic nitrogens is 2. The van der Waals surface area contributed by atoms with Crippen LogP contribution in [-0.4, -0.2) is 39.0 Å². The van der Waals surface area contributed by atoms with Crippen LogP contribution in [0.15, 0.2) is 57.6 Å². The summed E-state index contributed by atoms with van der Waals surface area (Å²) in [5.74, 6) is 0.182. The van der Waals surface area contributed by atoms with Crippen LogP contribution in [0.4, 0.5) is 4.79 Å². The van der Waals surface area contributed by atoms with Crippen molar-refractivity contribution in [2.75, 3.05) is 0 Å². The number of hydrogen-bond donors (Lipinski definition) is 3. The van der Waals surface area contributed by atoms with Gasteiger partial charge in [-0.3, -0.25) is 9.48 Å². The highest BCUT2D eigenvalue weighted by molar-refractivity contribution is 9.10. The Balaban J connectivity index is 1.91. The van der Waals surface area contributed by atoms with Gasteiger partial charge in [-0.05, 0) is 39.4 Å². The number of nitrogens with one attached hydrogen (secondary N) is 2. The molecule has 0 aliphatic heterocycles. The Labute approximate surface area is 195 Å². The van der Waals surface area contributed by atoms with Gasteiger partial charge in [0.2, 0.25) is 0 Å². The first-order chi connectivity index (χ1) is 15.1. The third kappa shape index (κ3) is 5.59. The molecule has 2 aromatic heterocycles. The zero-order valence-electron chi connectivity index (χ0n) is 18.4. The van der Waals surface area contributed by atoms with Gasteiger partial charge < -0.3 is 20.2 Å². The van der Waals surface area contributed by atoms with Gasteiger partial charge >= 0.3 is 6.09 Å². The molecule has 0 saturated carbocycles. The first-order valence-electron chi connectivity index (χ1n) is 10.2. The minimum absolute atomic E-state index is 0.120. The summed E-state index contributed by atoms with van der Waals surface area (Å²) < 4.78 is 8.12. The van der Waals surface area contributed by atoms with Crippen molar-refractivity contribution < 1.29 is 19.1 Å². The van der Waals surface area contributed by atoms with Crippen molar-refractivity contribution in [3.05, 3.63) is 64.5 Å². The fourth-order valence-electron chi connectivity index (χ4n) is 3.67. The molecule has 3 N–H and O–H groups in total. The van der Waals surface area contributed by atoms with E-state index in [0.717, 1.165) is 11.3 Å². The molecule has 0 fully saturated rings. The first kappa shape index (κ1) is 23.6. The van der Waals surface area contributed by atoms with Crippen LogP contribution in [-0.2, 0) is 13.5 Å². The Kier molecular flexibility index (Phi) is 7.08. The lowest BCUT2D eigenvalue weighted by atomic mass is 9.80. The molecule has 1 aromatic carbocycles. The van der Waals surface area contributed by atoms with Crippen LogP contribution in [0.3, 0.4) is 0 Å². The molecule has 2 unspecified atom stereocenters. The van der Waals surface area contributed by atoms with Gasteiger partial charge in [0, 0.05) is 19.3 Å². The normalized spacial score (nSPS) is 13.4. The number of carboxylic acid groups (broad SMARTS) is 1. The van der Waals surface area contributed by atoms with Gasteiger partial charge in [0.15, 0.2) is 11.5 Å². The SMILES string of the molecule is Cn1nccc1-c1oc(C(=O)NC(Cc2ccccc2)C(NC(=O)O)C(C)(C)C)cc1Br. The van der Waals surface area contributed by atoms with Gasteiger partial charge in [-0.25, -0.2) is 4.79 Å². The molecular formula is C23H27BrN4O4. The van der Waals surface area contributed by atoms with Crippen LogP contribution >= 0.6 is 15.9 Å². The molecule has 2 amide bonds. The monoisotopic (exact) mass is 502 g/mol. The summed E-state index contributed by atoms with van der Waals surface area (Å²) in [6.45, 7) is 5.80. The Morgan fingerprint density at radius 3 is 2.44 bits per heavy atom. The standard InChI is InChI=1S/C23H27BrN4O4/c1-23(2,3)20(27-22(30)31)16(12-14-8-6-5-7-9-14)26-21(29)18-13-15(24)19(32-18)17-10-11-25-28(17)4/h5-11,13,16,20,27H,12H2,1-4H3,(H,26,29)(H,30,31).